The second kappa shape index (κ2) is 9.49. The molecule has 0 saturated carbocycles. The third-order valence-electron chi connectivity index (χ3n) is 2.91. The predicted octanol–water partition coefficient (Wildman–Crippen LogP) is 1.46. The van der Waals surface area contributed by atoms with Crippen LogP contribution in [0.5, 0.6) is 0 Å². The van der Waals surface area contributed by atoms with Gasteiger partial charge in [-0.1, -0.05) is 26.7 Å². The zero-order valence-electron chi connectivity index (χ0n) is 11.6. The van der Waals surface area contributed by atoms with E-state index in [1.807, 2.05) is 13.8 Å². The van der Waals surface area contributed by atoms with Gasteiger partial charge in [0.1, 0.15) is 6.04 Å². The van der Waals surface area contributed by atoms with Gasteiger partial charge in [0.05, 0.1) is 5.92 Å². The summed E-state index contributed by atoms with van der Waals surface area (Å²) in [5, 5.41) is 8.47. The van der Waals surface area contributed by atoms with Gasteiger partial charge in [-0.3, -0.25) is 9.59 Å². The minimum atomic E-state index is -1.07. The highest BCUT2D eigenvalue weighted by Gasteiger charge is 2.24. The summed E-state index contributed by atoms with van der Waals surface area (Å²) in [5.74, 6) is -2.74. The van der Waals surface area contributed by atoms with Crippen LogP contribution in [0.25, 0.3) is 0 Å². The molecule has 110 valence electrons. The number of rotatable bonds is 9. The number of carboxylic acids is 1. The molecule has 1 unspecified atom stereocenters. The molecule has 2 atom stereocenters. The normalized spacial score (nSPS) is 13.6. The molecule has 0 spiro atoms. The zero-order valence-corrected chi connectivity index (χ0v) is 11.6. The summed E-state index contributed by atoms with van der Waals surface area (Å²) in [6.45, 7) is 3.88. The van der Waals surface area contributed by atoms with Crippen molar-refractivity contribution in [1.29, 1.82) is 0 Å². The highest BCUT2D eigenvalue weighted by molar-refractivity contribution is 5.89. The molecular formula is C13H23NO5. The monoisotopic (exact) mass is 273 g/mol. The molecule has 0 saturated heterocycles. The van der Waals surface area contributed by atoms with E-state index in [4.69, 9.17) is 15.6 Å². The molecule has 0 rings (SSSR count). The zero-order chi connectivity index (χ0) is 14.8. The number of carbonyl (C=O) groups is 3. The number of unbranched alkanes of at least 4 members (excludes halogenated alkanes) is 1. The maximum Gasteiger partial charge on any atom is 0.330 e. The van der Waals surface area contributed by atoms with E-state index in [1.54, 1.807) is 0 Å². The van der Waals surface area contributed by atoms with Crippen LogP contribution in [0, 0.1) is 5.92 Å². The number of nitrogens with two attached hydrogens (primary N) is 1. The van der Waals surface area contributed by atoms with Crippen molar-refractivity contribution in [2.24, 2.45) is 11.7 Å². The van der Waals surface area contributed by atoms with Crippen LogP contribution in [0.4, 0.5) is 0 Å². The van der Waals surface area contributed by atoms with Gasteiger partial charge >= 0.3 is 17.9 Å². The molecule has 0 aromatic rings. The van der Waals surface area contributed by atoms with Crippen LogP contribution in [-0.4, -0.2) is 29.1 Å². The third-order valence-corrected chi connectivity index (χ3v) is 2.91. The first kappa shape index (κ1) is 17.6. The van der Waals surface area contributed by atoms with Crippen molar-refractivity contribution in [2.45, 2.75) is 58.4 Å². The fourth-order valence-corrected chi connectivity index (χ4v) is 1.59. The van der Waals surface area contributed by atoms with Crippen LogP contribution in [0.15, 0.2) is 0 Å². The Hall–Kier alpha value is -1.43. The van der Waals surface area contributed by atoms with E-state index >= 15 is 0 Å². The summed E-state index contributed by atoms with van der Waals surface area (Å²) in [6.07, 6.45) is 2.90. The van der Waals surface area contributed by atoms with E-state index in [1.165, 1.54) is 0 Å². The average molecular weight is 273 g/mol. The largest absolute Gasteiger partial charge is 0.481 e. The van der Waals surface area contributed by atoms with E-state index in [2.05, 4.69) is 0 Å². The van der Waals surface area contributed by atoms with E-state index in [-0.39, 0.29) is 18.8 Å². The number of ether oxygens (including phenoxy) is 1. The van der Waals surface area contributed by atoms with Crippen LogP contribution >= 0.6 is 0 Å². The second-order valence-corrected chi connectivity index (χ2v) is 4.53. The second-order valence-electron chi connectivity index (χ2n) is 4.53. The molecule has 0 fully saturated rings. The van der Waals surface area contributed by atoms with Gasteiger partial charge in [-0.15, -0.1) is 0 Å². The van der Waals surface area contributed by atoms with E-state index < -0.39 is 23.9 Å². The predicted molar refractivity (Wildman–Crippen MR) is 69.3 cm³/mol. The Morgan fingerprint density at radius 2 is 1.79 bits per heavy atom. The van der Waals surface area contributed by atoms with Gasteiger partial charge in [0, 0.05) is 6.42 Å². The van der Waals surface area contributed by atoms with Crippen LogP contribution in [-0.2, 0) is 19.1 Å². The Morgan fingerprint density at radius 1 is 1.16 bits per heavy atom. The minimum Gasteiger partial charge on any atom is -0.481 e. The Kier molecular flexibility index (Phi) is 8.78. The first-order valence-corrected chi connectivity index (χ1v) is 6.65. The van der Waals surface area contributed by atoms with Crippen LogP contribution < -0.4 is 5.73 Å². The fraction of sp³-hybridized carbons (Fsp3) is 0.769. The lowest BCUT2D eigenvalue weighted by molar-refractivity contribution is -0.163. The topological polar surface area (TPSA) is 107 Å². The summed E-state index contributed by atoms with van der Waals surface area (Å²) >= 11 is 0. The number of hydrogen-bond donors (Lipinski definition) is 2. The summed E-state index contributed by atoms with van der Waals surface area (Å²) in [6, 6.07) is -1.07. The van der Waals surface area contributed by atoms with Crippen molar-refractivity contribution in [1.82, 2.24) is 0 Å². The number of carboxylic acid groups (broad SMARTS) is 1. The van der Waals surface area contributed by atoms with Gasteiger partial charge < -0.3 is 15.6 Å². The molecule has 0 aromatic carbocycles. The van der Waals surface area contributed by atoms with Gasteiger partial charge in [0.2, 0.25) is 0 Å². The molecule has 6 nitrogen and oxygen atoms in total. The van der Waals surface area contributed by atoms with Crippen LogP contribution in [0.3, 0.4) is 0 Å². The maximum absolute atomic E-state index is 11.7. The first-order valence-electron chi connectivity index (χ1n) is 6.65. The molecule has 0 aliphatic heterocycles. The Balaban J connectivity index is 4.21. The lowest BCUT2D eigenvalue weighted by Gasteiger charge is -2.14. The molecule has 3 N–H and O–H groups in total. The van der Waals surface area contributed by atoms with Crippen molar-refractivity contribution in [3.63, 3.8) is 0 Å². The molecule has 0 heterocycles. The first-order chi connectivity index (χ1) is 8.92. The van der Waals surface area contributed by atoms with Crippen LogP contribution in [0.1, 0.15) is 52.4 Å². The molecule has 0 aromatic heterocycles. The number of aliphatic carboxylic acids is 1. The van der Waals surface area contributed by atoms with Crippen LogP contribution in [0.2, 0.25) is 0 Å². The Morgan fingerprint density at radius 3 is 2.26 bits per heavy atom. The van der Waals surface area contributed by atoms with Gasteiger partial charge in [-0.05, 0) is 19.3 Å². The number of hydrogen-bond acceptors (Lipinski definition) is 5. The summed E-state index contributed by atoms with van der Waals surface area (Å²) in [5.41, 5.74) is 5.47. The summed E-state index contributed by atoms with van der Waals surface area (Å²) in [4.78, 5) is 33.6. The Bertz CT molecular complexity index is 316. The third kappa shape index (κ3) is 7.56. The standard InChI is InChI=1S/C13H23NO5/c1-3-5-6-9(4-2)12(17)19-13(18)10(14)7-8-11(15)16/h9-10H,3-8,14H2,1-2H3,(H,15,16)/t9?,10-/m0/s1. The smallest absolute Gasteiger partial charge is 0.330 e. The van der Waals surface area contributed by atoms with Gasteiger partial charge in [0.15, 0.2) is 0 Å². The van der Waals surface area contributed by atoms with Gasteiger partial charge in [-0.2, -0.15) is 0 Å². The van der Waals surface area contributed by atoms with E-state index in [0.29, 0.717) is 12.8 Å². The fourth-order valence-electron chi connectivity index (χ4n) is 1.59. The molecule has 0 bridgehead atoms. The molecule has 0 radical (unpaired) electrons. The molecular weight excluding hydrogens is 250 g/mol. The van der Waals surface area contributed by atoms with E-state index in [0.717, 1.165) is 12.8 Å². The SMILES string of the molecule is CCCCC(CC)C(=O)OC(=O)[C@@H](N)CCC(=O)O. The highest BCUT2D eigenvalue weighted by Crippen LogP contribution is 2.14. The quantitative estimate of drug-likeness (QED) is 0.486. The number of esters is 2. The molecule has 19 heavy (non-hydrogen) atoms. The maximum atomic E-state index is 11.7. The average Bonchev–Trinajstić information content (AvgIpc) is 2.36. The van der Waals surface area contributed by atoms with Crippen molar-refractivity contribution in [2.75, 3.05) is 0 Å². The molecule has 6 heteroatoms. The lowest BCUT2D eigenvalue weighted by atomic mass is 10.00. The van der Waals surface area contributed by atoms with Crippen molar-refractivity contribution in [3.05, 3.63) is 0 Å². The van der Waals surface area contributed by atoms with Gasteiger partial charge in [-0.25, -0.2) is 4.79 Å². The minimum absolute atomic E-state index is 0.0345. The van der Waals surface area contributed by atoms with Crippen molar-refractivity contribution < 1.29 is 24.2 Å². The highest BCUT2D eigenvalue weighted by atomic mass is 16.6. The van der Waals surface area contributed by atoms with Gasteiger partial charge in [0.25, 0.3) is 0 Å². The Labute approximate surface area is 113 Å². The molecule has 0 aliphatic carbocycles. The van der Waals surface area contributed by atoms with E-state index in [9.17, 15) is 14.4 Å². The van der Waals surface area contributed by atoms with Crippen molar-refractivity contribution >= 4 is 17.9 Å². The lowest BCUT2D eigenvalue weighted by Crippen LogP contribution is -2.35. The summed E-state index contributed by atoms with van der Waals surface area (Å²) < 4.78 is 4.70. The number of carbonyl (C=O) groups excluding carboxylic acids is 2. The molecule has 0 aliphatic rings. The van der Waals surface area contributed by atoms with Crippen molar-refractivity contribution in [3.8, 4) is 0 Å². The summed E-state index contributed by atoms with van der Waals surface area (Å²) in [7, 11) is 0. The molecule has 0 amide bonds.